The molecule has 0 aromatic heterocycles. The summed E-state index contributed by atoms with van der Waals surface area (Å²) < 4.78 is 1.03. The molecule has 0 radical (unpaired) electrons. The van der Waals surface area contributed by atoms with Crippen molar-refractivity contribution in [3.63, 3.8) is 0 Å². The largest absolute Gasteiger partial charge is 0.352 e. The van der Waals surface area contributed by atoms with Gasteiger partial charge in [0.2, 0.25) is 0 Å². The quantitative estimate of drug-likeness (QED) is 0.889. The fraction of sp³-hybridized carbons (Fsp3) is 0.188. The maximum atomic E-state index is 11.9. The van der Waals surface area contributed by atoms with Crippen LogP contribution in [0.1, 0.15) is 33.1 Å². The van der Waals surface area contributed by atoms with Crippen molar-refractivity contribution in [3.8, 4) is 0 Å². The summed E-state index contributed by atoms with van der Waals surface area (Å²) in [5.41, 5.74) is 10.1. The van der Waals surface area contributed by atoms with Gasteiger partial charge in [-0.15, -0.1) is 0 Å². The average Bonchev–Trinajstić information content (AvgIpc) is 2.47. The molecule has 1 aliphatic rings. The minimum Gasteiger partial charge on any atom is -0.352 e. The molecule has 0 saturated carbocycles. The van der Waals surface area contributed by atoms with Gasteiger partial charge in [-0.05, 0) is 41.3 Å². The van der Waals surface area contributed by atoms with Crippen molar-refractivity contribution < 1.29 is 4.79 Å². The van der Waals surface area contributed by atoms with Crippen molar-refractivity contribution in [2.24, 2.45) is 5.73 Å². The highest BCUT2D eigenvalue weighted by atomic mass is 79.9. The molecular formula is C16H15BrN2O. The van der Waals surface area contributed by atoms with Crippen LogP contribution in [0.25, 0.3) is 0 Å². The minimum atomic E-state index is -0.219. The molecule has 102 valence electrons. The highest BCUT2D eigenvalue weighted by Gasteiger charge is 2.18. The molecule has 4 heteroatoms. The summed E-state index contributed by atoms with van der Waals surface area (Å²) in [6.45, 7) is 0.712. The fourth-order valence-corrected chi connectivity index (χ4v) is 2.75. The number of nitrogens with one attached hydrogen (secondary N) is 1. The van der Waals surface area contributed by atoms with Crippen LogP contribution < -0.4 is 11.1 Å². The van der Waals surface area contributed by atoms with Crippen LogP contribution in [-0.2, 0) is 6.42 Å². The van der Waals surface area contributed by atoms with Crippen molar-refractivity contribution in [1.29, 1.82) is 0 Å². The Morgan fingerprint density at radius 3 is 2.55 bits per heavy atom. The summed E-state index contributed by atoms with van der Waals surface area (Å²) in [7, 11) is 0. The Hall–Kier alpha value is -1.65. The lowest BCUT2D eigenvalue weighted by molar-refractivity contribution is 0.0946. The molecular weight excluding hydrogens is 316 g/mol. The van der Waals surface area contributed by atoms with Crippen molar-refractivity contribution in [2.45, 2.75) is 12.5 Å². The van der Waals surface area contributed by atoms with Crippen molar-refractivity contribution in [3.05, 3.63) is 69.2 Å². The molecule has 3 rings (SSSR count). The van der Waals surface area contributed by atoms with Crippen LogP contribution >= 0.6 is 15.9 Å². The maximum Gasteiger partial charge on any atom is 0.251 e. The molecule has 3 N–H and O–H groups in total. The zero-order valence-corrected chi connectivity index (χ0v) is 12.5. The number of benzene rings is 2. The normalized spacial score (nSPS) is 15.4. The molecule has 0 saturated heterocycles. The number of hydrogen-bond donors (Lipinski definition) is 2. The Morgan fingerprint density at radius 1 is 1.10 bits per heavy atom. The van der Waals surface area contributed by atoms with E-state index in [-0.39, 0.29) is 11.9 Å². The van der Waals surface area contributed by atoms with Gasteiger partial charge in [0.05, 0.1) is 6.04 Å². The van der Waals surface area contributed by atoms with E-state index in [2.05, 4.69) is 21.2 Å². The van der Waals surface area contributed by atoms with Gasteiger partial charge in [0, 0.05) is 16.6 Å². The van der Waals surface area contributed by atoms with Crippen molar-refractivity contribution in [2.75, 3.05) is 6.54 Å². The van der Waals surface area contributed by atoms with E-state index in [0.29, 0.717) is 6.54 Å². The van der Waals surface area contributed by atoms with E-state index in [1.54, 1.807) is 0 Å². The third kappa shape index (κ3) is 2.49. The molecule has 2 aromatic carbocycles. The molecule has 1 unspecified atom stereocenters. The summed E-state index contributed by atoms with van der Waals surface area (Å²) >= 11 is 3.41. The van der Waals surface area contributed by atoms with E-state index in [4.69, 9.17) is 5.73 Å². The van der Waals surface area contributed by atoms with E-state index < -0.39 is 0 Å². The SMILES string of the molecule is NC(c1ccc(Br)cc1)c1ccc2c(c1)C(=O)NCC2. The minimum absolute atomic E-state index is 0.00361. The lowest BCUT2D eigenvalue weighted by Crippen LogP contribution is -2.32. The highest BCUT2D eigenvalue weighted by Crippen LogP contribution is 2.24. The van der Waals surface area contributed by atoms with Gasteiger partial charge in [-0.2, -0.15) is 0 Å². The molecule has 1 aliphatic heterocycles. The molecule has 2 aromatic rings. The maximum absolute atomic E-state index is 11.9. The second-order valence-electron chi connectivity index (χ2n) is 4.95. The van der Waals surface area contributed by atoms with Gasteiger partial charge < -0.3 is 11.1 Å². The average molecular weight is 331 g/mol. The zero-order valence-electron chi connectivity index (χ0n) is 10.9. The van der Waals surface area contributed by atoms with Crippen LogP contribution in [0.4, 0.5) is 0 Å². The highest BCUT2D eigenvalue weighted by molar-refractivity contribution is 9.10. The van der Waals surface area contributed by atoms with E-state index in [1.165, 1.54) is 0 Å². The Balaban J connectivity index is 1.96. The third-order valence-electron chi connectivity index (χ3n) is 3.65. The molecule has 1 amide bonds. The molecule has 0 fully saturated rings. The van der Waals surface area contributed by atoms with E-state index in [9.17, 15) is 4.79 Å². The Kier molecular flexibility index (Phi) is 3.59. The molecule has 20 heavy (non-hydrogen) atoms. The predicted octanol–water partition coefficient (Wildman–Crippen LogP) is 2.78. The Morgan fingerprint density at radius 2 is 1.80 bits per heavy atom. The van der Waals surface area contributed by atoms with Crippen molar-refractivity contribution in [1.82, 2.24) is 5.32 Å². The molecule has 1 atom stereocenters. The van der Waals surface area contributed by atoms with E-state index in [1.807, 2.05) is 42.5 Å². The number of hydrogen-bond acceptors (Lipinski definition) is 2. The third-order valence-corrected chi connectivity index (χ3v) is 4.18. The number of rotatable bonds is 2. The van der Waals surface area contributed by atoms with Gasteiger partial charge in [0.15, 0.2) is 0 Å². The smallest absolute Gasteiger partial charge is 0.251 e. The number of amides is 1. The molecule has 0 aliphatic carbocycles. The van der Waals surface area contributed by atoms with Gasteiger partial charge in [0.1, 0.15) is 0 Å². The first kappa shape index (κ1) is 13.3. The second-order valence-corrected chi connectivity index (χ2v) is 5.87. The number of halogens is 1. The van der Waals surface area contributed by atoms with Crippen molar-refractivity contribution >= 4 is 21.8 Å². The first-order chi connectivity index (χ1) is 9.65. The molecule has 0 bridgehead atoms. The van der Waals surface area contributed by atoms with Crippen LogP contribution in [0.5, 0.6) is 0 Å². The summed E-state index contributed by atoms with van der Waals surface area (Å²) in [6.07, 6.45) is 0.884. The van der Waals surface area contributed by atoms with Gasteiger partial charge in [0.25, 0.3) is 5.91 Å². The second kappa shape index (κ2) is 5.38. The van der Waals surface area contributed by atoms with Crippen LogP contribution in [0.2, 0.25) is 0 Å². The lowest BCUT2D eigenvalue weighted by Gasteiger charge is -2.19. The first-order valence-electron chi connectivity index (χ1n) is 6.57. The molecule has 1 heterocycles. The first-order valence-corrected chi connectivity index (χ1v) is 7.36. The van der Waals surface area contributed by atoms with Crippen LogP contribution in [-0.4, -0.2) is 12.5 Å². The number of nitrogens with two attached hydrogens (primary N) is 1. The summed E-state index contributed by atoms with van der Waals surface area (Å²) in [5.74, 6) is -0.00361. The van der Waals surface area contributed by atoms with Crippen LogP contribution in [0.15, 0.2) is 46.9 Å². The summed E-state index contributed by atoms with van der Waals surface area (Å²) in [5, 5.41) is 2.87. The van der Waals surface area contributed by atoms with Crippen LogP contribution in [0, 0.1) is 0 Å². The van der Waals surface area contributed by atoms with Gasteiger partial charge in [-0.1, -0.05) is 40.2 Å². The predicted molar refractivity (Wildman–Crippen MR) is 82.7 cm³/mol. The van der Waals surface area contributed by atoms with Gasteiger partial charge in [-0.25, -0.2) is 0 Å². The van der Waals surface area contributed by atoms with E-state index >= 15 is 0 Å². The summed E-state index contributed by atoms with van der Waals surface area (Å²) in [4.78, 5) is 11.9. The fourth-order valence-electron chi connectivity index (χ4n) is 2.49. The molecule has 3 nitrogen and oxygen atoms in total. The summed E-state index contributed by atoms with van der Waals surface area (Å²) in [6, 6.07) is 13.7. The number of fused-ring (bicyclic) bond motifs is 1. The number of carbonyl (C=O) groups is 1. The standard InChI is InChI=1S/C16H15BrN2O/c17-13-5-3-11(4-6-13)15(18)12-2-1-10-7-8-19-16(20)14(10)9-12/h1-6,9,15H,7-8,18H2,(H,19,20). The zero-order chi connectivity index (χ0) is 14.1. The number of carbonyl (C=O) groups excluding carboxylic acids is 1. The molecule has 0 spiro atoms. The lowest BCUT2D eigenvalue weighted by atomic mass is 9.93. The Labute approximate surface area is 126 Å². The Bertz CT molecular complexity index is 652. The monoisotopic (exact) mass is 330 g/mol. The van der Waals surface area contributed by atoms with E-state index in [0.717, 1.165) is 33.1 Å². The van der Waals surface area contributed by atoms with Gasteiger partial charge >= 0.3 is 0 Å². The van der Waals surface area contributed by atoms with Gasteiger partial charge in [-0.3, -0.25) is 4.79 Å². The topological polar surface area (TPSA) is 55.1 Å². The van der Waals surface area contributed by atoms with Crippen LogP contribution in [0.3, 0.4) is 0 Å².